The van der Waals surface area contributed by atoms with Gasteiger partial charge in [0.2, 0.25) is 0 Å². The molecule has 0 spiro atoms. The molecule has 0 amide bonds. The summed E-state index contributed by atoms with van der Waals surface area (Å²) in [6.45, 7) is 0. The molecule has 161 valence electrons. The van der Waals surface area contributed by atoms with E-state index in [1.165, 1.54) is 4.16 Å². The molecule has 0 atom stereocenters. The minimum absolute atomic E-state index is 0.359. The fourth-order valence-corrected chi connectivity index (χ4v) is 4.09. The molecular formula is C27H19N4O2Zn. The van der Waals surface area contributed by atoms with Crippen LogP contribution < -0.4 is 4.16 Å². The topological polar surface area (TPSA) is 94.7 Å². The Morgan fingerprint density at radius 2 is 0.971 bits per heavy atom. The zero-order chi connectivity index (χ0) is 23.5. The van der Waals surface area contributed by atoms with Gasteiger partial charge < -0.3 is 9.97 Å². The van der Waals surface area contributed by atoms with Crippen LogP contribution in [0.25, 0.3) is 46.4 Å². The van der Waals surface area contributed by atoms with Gasteiger partial charge in [-0.2, -0.15) is 0 Å². The number of carboxylic acids is 1. The third-order valence-electron chi connectivity index (χ3n) is 5.24. The predicted octanol–water partition coefficient (Wildman–Crippen LogP) is 5.21. The van der Waals surface area contributed by atoms with Crippen molar-refractivity contribution < 1.29 is 28.2 Å². The average Bonchev–Trinajstić information content (AvgIpc) is 3.60. The van der Waals surface area contributed by atoms with E-state index in [0.717, 1.165) is 63.1 Å². The molecule has 0 radical (unpaired) electrons. The molecule has 34 heavy (non-hydrogen) atoms. The Labute approximate surface area is 205 Å². The summed E-state index contributed by atoms with van der Waals surface area (Å²) in [5.41, 5.74) is 8.22. The van der Waals surface area contributed by atoms with Crippen LogP contribution >= 0.6 is 0 Å². The SMILES string of the molecule is C1=Cc2cc3ccc(cc4nc(cc5ccc(cc1n2)[nH]5)C=C4)[nH]3.O=C(O)c1cc[c]([Zn])cc1. The van der Waals surface area contributed by atoms with Crippen LogP contribution in [0.4, 0.5) is 0 Å². The van der Waals surface area contributed by atoms with Gasteiger partial charge in [-0.25, -0.2) is 9.97 Å². The zero-order valence-electron chi connectivity index (χ0n) is 18.2. The number of nitrogens with one attached hydrogen (secondary N) is 2. The van der Waals surface area contributed by atoms with Gasteiger partial charge >= 0.3 is 68.2 Å². The van der Waals surface area contributed by atoms with Crippen LogP contribution in [0, 0.1) is 0 Å². The second kappa shape index (κ2) is 9.42. The molecule has 0 saturated carbocycles. The average molecular weight is 497 g/mol. The quantitative estimate of drug-likeness (QED) is 0.272. The monoisotopic (exact) mass is 495 g/mol. The van der Waals surface area contributed by atoms with E-state index in [0.29, 0.717) is 5.56 Å². The first kappa shape index (κ1) is 21.7. The molecule has 2 aliphatic rings. The first-order chi connectivity index (χ1) is 16.5. The molecule has 7 heteroatoms. The third kappa shape index (κ3) is 5.27. The van der Waals surface area contributed by atoms with E-state index >= 15 is 0 Å². The summed E-state index contributed by atoms with van der Waals surface area (Å²) >= 11 is 1.07. The van der Waals surface area contributed by atoms with Crippen LogP contribution in [-0.2, 0) is 18.3 Å². The summed E-state index contributed by atoms with van der Waals surface area (Å²) in [4.78, 5) is 26.3. The number of nitrogens with zero attached hydrogens (tertiary/aromatic N) is 2. The van der Waals surface area contributed by atoms with Crippen LogP contribution in [0.2, 0.25) is 0 Å². The molecule has 0 fully saturated rings. The first-order valence-electron chi connectivity index (χ1n) is 10.7. The Hall–Kier alpha value is -4.09. The normalized spacial score (nSPS) is 11.7. The standard InChI is InChI=1S/C20H14N4.C7H5O2.Zn/c1-2-14-10-16-5-6-18(23-16)12-20-8-7-19(24-20)11-17-4-3-15(22-17)9-13(1)21-14;8-7(9)6-4-2-1-3-5-6;/h1-12,21,24H;2-5H,(H,8,9);. The fourth-order valence-electron chi connectivity index (χ4n) is 3.59. The molecule has 8 bridgehead atoms. The number of fused-ring (bicyclic) bond motifs is 8. The number of hydrogen-bond donors (Lipinski definition) is 3. The summed E-state index contributed by atoms with van der Waals surface area (Å²) in [5.74, 6) is -0.861. The Balaban J connectivity index is 0.000000204. The number of hydrogen-bond acceptors (Lipinski definition) is 3. The number of H-pyrrole nitrogens is 2. The van der Waals surface area contributed by atoms with Crippen molar-refractivity contribution in [2.45, 2.75) is 0 Å². The van der Waals surface area contributed by atoms with Crippen molar-refractivity contribution in [2.24, 2.45) is 0 Å². The first-order valence-corrected chi connectivity index (χ1v) is 12.2. The van der Waals surface area contributed by atoms with Gasteiger partial charge in [-0.15, -0.1) is 0 Å². The van der Waals surface area contributed by atoms with Crippen LogP contribution in [-0.4, -0.2) is 31.0 Å². The Kier molecular flexibility index (Phi) is 6.02. The molecule has 0 saturated heterocycles. The minimum atomic E-state index is -0.861. The van der Waals surface area contributed by atoms with Crippen molar-refractivity contribution in [3.8, 4) is 0 Å². The van der Waals surface area contributed by atoms with Crippen molar-refractivity contribution in [3.05, 3.63) is 101 Å². The number of aromatic carboxylic acids is 1. The molecule has 3 N–H and O–H groups in total. The number of benzene rings is 1. The molecule has 6 rings (SSSR count). The maximum atomic E-state index is 10.3. The molecule has 6 nitrogen and oxygen atoms in total. The van der Waals surface area contributed by atoms with Crippen molar-refractivity contribution in [1.82, 2.24) is 19.9 Å². The Morgan fingerprint density at radius 3 is 1.29 bits per heavy atom. The van der Waals surface area contributed by atoms with Crippen molar-refractivity contribution in [3.63, 3.8) is 0 Å². The molecule has 0 unspecified atom stereocenters. The van der Waals surface area contributed by atoms with Gasteiger partial charge in [0.1, 0.15) is 0 Å². The molecule has 0 aliphatic carbocycles. The van der Waals surface area contributed by atoms with E-state index in [1.807, 2.05) is 60.7 Å². The van der Waals surface area contributed by atoms with E-state index in [4.69, 9.17) is 5.11 Å². The van der Waals surface area contributed by atoms with Gasteiger partial charge in [0, 0.05) is 22.1 Å². The fraction of sp³-hybridized carbons (Fsp3) is 0. The summed E-state index contributed by atoms with van der Waals surface area (Å²) in [6.07, 6.45) is 8.09. The van der Waals surface area contributed by atoms with Gasteiger partial charge in [-0.05, 0) is 72.8 Å². The molecule has 3 aromatic heterocycles. The summed E-state index contributed by atoms with van der Waals surface area (Å²) in [6, 6.07) is 23.3. The zero-order valence-corrected chi connectivity index (χ0v) is 21.2. The second-order valence-corrected chi connectivity index (χ2v) is 9.62. The van der Waals surface area contributed by atoms with Crippen LogP contribution in [0.1, 0.15) is 33.1 Å². The van der Waals surface area contributed by atoms with Crippen LogP contribution in [0.3, 0.4) is 0 Å². The molecule has 4 aromatic rings. The maximum absolute atomic E-state index is 10.3. The van der Waals surface area contributed by atoms with Crippen LogP contribution in [0.15, 0.2) is 72.8 Å². The van der Waals surface area contributed by atoms with E-state index in [2.05, 4.69) is 44.2 Å². The van der Waals surface area contributed by atoms with Gasteiger partial charge in [-0.1, -0.05) is 0 Å². The van der Waals surface area contributed by atoms with Gasteiger partial charge in [-0.3, -0.25) is 0 Å². The number of rotatable bonds is 1. The third-order valence-corrected chi connectivity index (χ3v) is 6.23. The van der Waals surface area contributed by atoms with E-state index < -0.39 is 5.97 Å². The number of aromatic amines is 2. The Bertz CT molecular complexity index is 1420. The van der Waals surface area contributed by atoms with Crippen molar-refractivity contribution in [2.75, 3.05) is 0 Å². The van der Waals surface area contributed by atoms with Gasteiger partial charge in [0.15, 0.2) is 0 Å². The van der Waals surface area contributed by atoms with Crippen molar-refractivity contribution >= 4 is 56.5 Å². The van der Waals surface area contributed by atoms with Crippen molar-refractivity contribution in [1.29, 1.82) is 0 Å². The molecule has 2 aliphatic heterocycles. The van der Waals surface area contributed by atoms with E-state index in [-0.39, 0.29) is 0 Å². The van der Waals surface area contributed by atoms with Gasteiger partial charge in [0.05, 0.1) is 22.8 Å². The van der Waals surface area contributed by atoms with E-state index in [9.17, 15) is 4.79 Å². The summed E-state index contributed by atoms with van der Waals surface area (Å²) in [7, 11) is 0. The Morgan fingerprint density at radius 1 is 0.618 bits per heavy atom. The van der Waals surface area contributed by atoms with E-state index in [1.54, 1.807) is 12.1 Å². The summed E-state index contributed by atoms with van der Waals surface area (Å²) in [5, 5.41) is 8.49. The number of aromatic nitrogens is 4. The summed E-state index contributed by atoms with van der Waals surface area (Å²) < 4.78 is 1.20. The van der Waals surface area contributed by atoms with Gasteiger partial charge in [0.25, 0.3) is 0 Å². The van der Waals surface area contributed by atoms with Crippen LogP contribution in [0.5, 0.6) is 0 Å². The number of carboxylic acid groups (broad SMARTS) is 1. The molecule has 1 aromatic carbocycles. The molecular weight excluding hydrogens is 478 g/mol. The molecule has 5 heterocycles. The predicted molar refractivity (Wildman–Crippen MR) is 132 cm³/mol. The number of carbonyl (C=O) groups is 1. The second-order valence-electron chi connectivity index (χ2n) is 7.91.